The Kier molecular flexibility index (Phi) is 3.70. The minimum atomic E-state index is -0.211. The first-order valence-corrected chi connectivity index (χ1v) is 6.50. The number of carbonyl (C=O) groups is 1. The number of ketones is 1. The van der Waals surface area contributed by atoms with Crippen LogP contribution in [0, 0.1) is 0 Å². The minimum Gasteiger partial charge on any atom is -0.440 e. The lowest BCUT2D eigenvalue weighted by atomic mass is 10.2. The van der Waals surface area contributed by atoms with E-state index in [2.05, 4.69) is 15.1 Å². The average Bonchev–Trinajstić information content (AvgIpc) is 3.17. The number of hydrogen-bond acceptors (Lipinski definition) is 5. The van der Waals surface area contributed by atoms with Crippen LogP contribution < -0.4 is 4.74 Å². The zero-order valence-corrected chi connectivity index (χ0v) is 11.5. The standard InChI is InChI=1S/C14H10ClN3O3/c15-10-5-2-1-4-9(10)13-17-14(21-18-13)20-8-12(19)11-6-3-7-16-11/h1-7,16H,8H2. The first kappa shape index (κ1) is 13.4. The van der Waals surface area contributed by atoms with Gasteiger partial charge in [0, 0.05) is 11.8 Å². The van der Waals surface area contributed by atoms with Crippen LogP contribution in [-0.4, -0.2) is 27.5 Å². The van der Waals surface area contributed by atoms with E-state index in [4.69, 9.17) is 20.9 Å². The van der Waals surface area contributed by atoms with Crippen LogP contribution in [0.1, 0.15) is 10.5 Å². The van der Waals surface area contributed by atoms with Gasteiger partial charge in [0.25, 0.3) is 0 Å². The molecule has 0 unspecified atom stereocenters. The van der Waals surface area contributed by atoms with Crippen molar-refractivity contribution in [2.75, 3.05) is 6.61 Å². The highest BCUT2D eigenvalue weighted by Crippen LogP contribution is 2.26. The van der Waals surface area contributed by atoms with Crippen molar-refractivity contribution >= 4 is 17.4 Å². The van der Waals surface area contributed by atoms with E-state index >= 15 is 0 Å². The molecule has 0 amide bonds. The quantitative estimate of drug-likeness (QED) is 0.733. The summed E-state index contributed by atoms with van der Waals surface area (Å²) in [5.41, 5.74) is 1.09. The van der Waals surface area contributed by atoms with E-state index in [0.717, 1.165) is 0 Å². The molecule has 7 heteroatoms. The Balaban J connectivity index is 1.69. The van der Waals surface area contributed by atoms with Gasteiger partial charge in [0.2, 0.25) is 11.6 Å². The van der Waals surface area contributed by atoms with Crippen molar-refractivity contribution < 1.29 is 14.1 Å². The van der Waals surface area contributed by atoms with Gasteiger partial charge in [-0.2, -0.15) is 4.98 Å². The zero-order valence-electron chi connectivity index (χ0n) is 10.7. The maximum Gasteiger partial charge on any atom is 0.418 e. The van der Waals surface area contributed by atoms with Gasteiger partial charge in [0.15, 0.2) is 6.61 Å². The number of nitrogens with one attached hydrogen (secondary N) is 1. The molecule has 0 spiro atoms. The predicted molar refractivity (Wildman–Crippen MR) is 75.4 cm³/mol. The second-order valence-corrected chi connectivity index (χ2v) is 4.57. The molecule has 0 atom stereocenters. The number of benzene rings is 1. The molecule has 0 aliphatic heterocycles. The van der Waals surface area contributed by atoms with E-state index in [1.807, 2.05) is 6.07 Å². The van der Waals surface area contributed by atoms with Crippen LogP contribution in [0.4, 0.5) is 0 Å². The van der Waals surface area contributed by atoms with E-state index in [1.165, 1.54) is 0 Å². The molecule has 3 rings (SSSR count). The third kappa shape index (κ3) is 2.95. The largest absolute Gasteiger partial charge is 0.440 e. The Hall–Kier alpha value is -2.60. The molecule has 2 aromatic heterocycles. The molecule has 6 nitrogen and oxygen atoms in total. The van der Waals surface area contributed by atoms with E-state index < -0.39 is 0 Å². The molecule has 2 heterocycles. The van der Waals surface area contributed by atoms with Gasteiger partial charge in [0.1, 0.15) is 0 Å². The van der Waals surface area contributed by atoms with Gasteiger partial charge < -0.3 is 9.72 Å². The lowest BCUT2D eigenvalue weighted by Gasteiger charge is -1.98. The Morgan fingerprint density at radius 2 is 2.14 bits per heavy atom. The Labute approximate surface area is 124 Å². The van der Waals surface area contributed by atoms with E-state index in [1.54, 1.807) is 36.5 Å². The van der Waals surface area contributed by atoms with Crippen molar-refractivity contribution in [1.29, 1.82) is 0 Å². The molecule has 1 N–H and O–H groups in total. The number of aromatic amines is 1. The van der Waals surface area contributed by atoms with Crippen molar-refractivity contribution in [2.45, 2.75) is 0 Å². The van der Waals surface area contributed by atoms with Crippen molar-refractivity contribution in [3.8, 4) is 17.5 Å². The number of rotatable bonds is 5. The molecule has 0 radical (unpaired) electrons. The molecule has 0 aliphatic carbocycles. The van der Waals surface area contributed by atoms with Gasteiger partial charge >= 0.3 is 6.08 Å². The number of halogens is 1. The number of ether oxygens (including phenoxy) is 1. The third-order valence-corrected chi connectivity index (χ3v) is 3.08. The van der Waals surface area contributed by atoms with Crippen LogP contribution in [0.5, 0.6) is 6.08 Å². The molecule has 3 aromatic rings. The molecular formula is C14H10ClN3O3. The molecule has 0 bridgehead atoms. The summed E-state index contributed by atoms with van der Waals surface area (Å²) in [5, 5.41) is 4.28. The molecule has 0 fully saturated rings. The summed E-state index contributed by atoms with van der Waals surface area (Å²) in [7, 11) is 0. The van der Waals surface area contributed by atoms with Crippen molar-refractivity contribution in [3.63, 3.8) is 0 Å². The number of nitrogens with zero attached hydrogens (tertiary/aromatic N) is 2. The molecular weight excluding hydrogens is 294 g/mol. The van der Waals surface area contributed by atoms with Gasteiger partial charge in [-0.3, -0.25) is 9.32 Å². The smallest absolute Gasteiger partial charge is 0.418 e. The van der Waals surface area contributed by atoms with Gasteiger partial charge in [-0.15, -0.1) is 0 Å². The van der Waals surface area contributed by atoms with Crippen LogP contribution in [0.2, 0.25) is 5.02 Å². The fourth-order valence-corrected chi connectivity index (χ4v) is 1.95. The third-order valence-electron chi connectivity index (χ3n) is 2.75. The summed E-state index contributed by atoms with van der Waals surface area (Å²) in [6, 6.07) is 10.5. The van der Waals surface area contributed by atoms with Gasteiger partial charge in [-0.25, -0.2) is 0 Å². The summed E-state index contributed by atoms with van der Waals surface area (Å²) in [6.07, 6.45) is 1.58. The van der Waals surface area contributed by atoms with Gasteiger partial charge in [-0.05, 0) is 24.3 Å². The normalized spacial score (nSPS) is 10.5. The molecule has 21 heavy (non-hydrogen) atoms. The average molecular weight is 304 g/mol. The molecule has 0 aliphatic rings. The summed E-state index contributed by atoms with van der Waals surface area (Å²) >= 11 is 6.04. The van der Waals surface area contributed by atoms with Crippen LogP contribution in [-0.2, 0) is 0 Å². The molecule has 106 valence electrons. The fourth-order valence-electron chi connectivity index (χ4n) is 1.73. The van der Waals surface area contributed by atoms with Gasteiger partial charge in [0.05, 0.1) is 10.7 Å². The number of aromatic nitrogens is 3. The molecule has 0 saturated carbocycles. The number of H-pyrrole nitrogens is 1. The number of hydrogen-bond donors (Lipinski definition) is 1. The number of carbonyl (C=O) groups excluding carboxylic acids is 1. The summed E-state index contributed by atoms with van der Waals surface area (Å²) in [5.74, 6) is 0.0976. The first-order valence-electron chi connectivity index (χ1n) is 6.12. The minimum absolute atomic E-state index is 0.0789. The highest BCUT2D eigenvalue weighted by molar-refractivity contribution is 6.33. The molecule has 1 aromatic carbocycles. The lowest BCUT2D eigenvalue weighted by Crippen LogP contribution is -2.11. The topological polar surface area (TPSA) is 81.0 Å². The van der Waals surface area contributed by atoms with E-state index in [9.17, 15) is 4.79 Å². The monoisotopic (exact) mass is 303 g/mol. The fraction of sp³-hybridized carbons (Fsp3) is 0.0714. The van der Waals surface area contributed by atoms with Crippen molar-refractivity contribution in [2.24, 2.45) is 0 Å². The maximum absolute atomic E-state index is 11.7. The van der Waals surface area contributed by atoms with Crippen molar-refractivity contribution in [1.82, 2.24) is 15.1 Å². The Bertz CT molecular complexity index is 752. The van der Waals surface area contributed by atoms with E-state index in [0.29, 0.717) is 22.1 Å². The Morgan fingerprint density at radius 3 is 2.90 bits per heavy atom. The Morgan fingerprint density at radius 1 is 1.29 bits per heavy atom. The molecule has 0 saturated heterocycles. The summed E-state index contributed by atoms with van der Waals surface area (Å²) < 4.78 is 10.1. The highest BCUT2D eigenvalue weighted by Gasteiger charge is 2.14. The van der Waals surface area contributed by atoms with Crippen LogP contribution >= 0.6 is 11.6 Å². The van der Waals surface area contributed by atoms with E-state index in [-0.39, 0.29) is 18.5 Å². The maximum atomic E-state index is 11.7. The van der Waals surface area contributed by atoms with Crippen molar-refractivity contribution in [3.05, 3.63) is 53.3 Å². The highest BCUT2D eigenvalue weighted by atomic mass is 35.5. The predicted octanol–water partition coefficient (Wildman–Crippen LogP) is 2.98. The second-order valence-electron chi connectivity index (χ2n) is 4.16. The summed E-state index contributed by atoms with van der Waals surface area (Å²) in [4.78, 5) is 18.6. The summed E-state index contributed by atoms with van der Waals surface area (Å²) in [6.45, 7) is -0.190. The van der Waals surface area contributed by atoms with Crippen LogP contribution in [0.3, 0.4) is 0 Å². The van der Waals surface area contributed by atoms with Crippen LogP contribution in [0.15, 0.2) is 47.1 Å². The number of Topliss-reactive ketones (excluding diaryl/α,β-unsaturated/α-hetero) is 1. The van der Waals surface area contributed by atoms with Gasteiger partial charge in [-0.1, -0.05) is 28.9 Å². The SMILES string of the molecule is O=C(COc1nc(-c2ccccc2Cl)no1)c1ccc[nH]1. The second kappa shape index (κ2) is 5.80. The lowest BCUT2D eigenvalue weighted by molar-refractivity contribution is 0.0880. The zero-order chi connectivity index (χ0) is 14.7. The first-order chi connectivity index (χ1) is 10.2. The van der Waals surface area contributed by atoms with Crippen LogP contribution in [0.25, 0.3) is 11.4 Å².